The van der Waals surface area contributed by atoms with Gasteiger partial charge in [-0.25, -0.2) is 19.7 Å². The molecule has 1 aliphatic rings. The Morgan fingerprint density at radius 3 is 2.66 bits per heavy atom. The maximum absolute atomic E-state index is 12.7. The van der Waals surface area contributed by atoms with Gasteiger partial charge < -0.3 is 24.4 Å². The van der Waals surface area contributed by atoms with Gasteiger partial charge in [-0.05, 0) is 63.1 Å². The van der Waals surface area contributed by atoms with Crippen molar-refractivity contribution >= 4 is 39.2 Å². The molecular weight excluding hydrogens is 502 g/mol. The average molecular weight is 534 g/mol. The number of nitrogens with one attached hydrogen (secondary N) is 1. The third-order valence-corrected chi connectivity index (χ3v) is 7.26. The van der Waals surface area contributed by atoms with Crippen molar-refractivity contribution < 1.29 is 19.0 Å². The summed E-state index contributed by atoms with van der Waals surface area (Å²) in [6.07, 6.45) is 2.91. The Kier molecular flexibility index (Phi) is 6.83. The molecule has 1 unspecified atom stereocenters. The minimum atomic E-state index is -0.534. The molecule has 0 fully saturated rings. The number of thiophene rings is 1. The standard InChI is InChI=1S/C28H31N5O4S/c1-16-11-18(7-9-20(16)36-19-8-10-22(35-6)29-12-19)32-25-24-23-17(2)13-33(27(34)37-28(3,4)5)14-21(23)38-26(24)31-15-30-25/h7-12,15,17H,13-14H2,1-6H3,(H,30,31,32). The lowest BCUT2D eigenvalue weighted by molar-refractivity contribution is 0.0212. The van der Waals surface area contributed by atoms with Gasteiger partial charge in [-0.15, -0.1) is 11.3 Å². The summed E-state index contributed by atoms with van der Waals surface area (Å²) in [6, 6.07) is 9.48. The van der Waals surface area contributed by atoms with Crippen molar-refractivity contribution in [1.29, 1.82) is 0 Å². The lowest BCUT2D eigenvalue weighted by atomic mass is 9.94. The Morgan fingerprint density at radius 1 is 1.16 bits per heavy atom. The van der Waals surface area contributed by atoms with Crippen LogP contribution in [0.2, 0.25) is 0 Å². The quantitative estimate of drug-likeness (QED) is 0.299. The van der Waals surface area contributed by atoms with Crippen LogP contribution in [0.15, 0.2) is 42.9 Å². The van der Waals surface area contributed by atoms with Crippen molar-refractivity contribution in [3.05, 3.63) is 58.9 Å². The van der Waals surface area contributed by atoms with E-state index in [-0.39, 0.29) is 12.0 Å². The minimum absolute atomic E-state index is 0.113. The first-order chi connectivity index (χ1) is 18.1. The number of hydrogen-bond acceptors (Lipinski definition) is 9. The van der Waals surface area contributed by atoms with Crippen molar-refractivity contribution in [2.75, 3.05) is 19.0 Å². The second kappa shape index (κ2) is 10.1. The number of ether oxygens (including phenoxy) is 3. The number of anilines is 2. The maximum Gasteiger partial charge on any atom is 0.410 e. The van der Waals surface area contributed by atoms with Gasteiger partial charge in [0.2, 0.25) is 5.88 Å². The predicted octanol–water partition coefficient (Wildman–Crippen LogP) is 6.79. The summed E-state index contributed by atoms with van der Waals surface area (Å²) in [4.78, 5) is 29.8. The molecule has 38 heavy (non-hydrogen) atoms. The molecule has 1 aromatic carbocycles. The number of carbonyl (C=O) groups is 1. The molecule has 0 saturated heterocycles. The number of hydrogen-bond donors (Lipinski definition) is 1. The summed E-state index contributed by atoms with van der Waals surface area (Å²) in [6.45, 7) is 10.8. The molecule has 9 nitrogen and oxygen atoms in total. The van der Waals surface area contributed by atoms with Crippen molar-refractivity contribution in [1.82, 2.24) is 19.9 Å². The third kappa shape index (κ3) is 5.35. The van der Waals surface area contributed by atoms with Crippen LogP contribution in [0, 0.1) is 6.92 Å². The van der Waals surface area contributed by atoms with Gasteiger partial charge >= 0.3 is 6.09 Å². The maximum atomic E-state index is 12.7. The van der Waals surface area contributed by atoms with Crippen molar-refractivity contribution in [3.8, 4) is 17.4 Å². The van der Waals surface area contributed by atoms with Gasteiger partial charge in [0.25, 0.3) is 0 Å². The van der Waals surface area contributed by atoms with Crippen LogP contribution >= 0.6 is 11.3 Å². The molecule has 0 aliphatic carbocycles. The van der Waals surface area contributed by atoms with Gasteiger partial charge in [0.05, 0.1) is 25.2 Å². The number of fused-ring (bicyclic) bond motifs is 3. The molecule has 0 spiro atoms. The largest absolute Gasteiger partial charge is 0.481 e. The van der Waals surface area contributed by atoms with Crippen LogP contribution in [0.1, 0.15) is 49.6 Å². The van der Waals surface area contributed by atoms with E-state index in [9.17, 15) is 4.79 Å². The minimum Gasteiger partial charge on any atom is -0.481 e. The molecule has 0 bridgehead atoms. The molecule has 1 amide bonds. The summed E-state index contributed by atoms with van der Waals surface area (Å²) >= 11 is 1.60. The fraction of sp³-hybridized carbons (Fsp3) is 0.357. The first kappa shape index (κ1) is 25.7. The molecule has 4 heterocycles. The molecule has 10 heteroatoms. The molecule has 1 N–H and O–H groups in total. The van der Waals surface area contributed by atoms with Crippen LogP contribution in [0.5, 0.6) is 17.4 Å². The van der Waals surface area contributed by atoms with Crippen LogP contribution in [0.25, 0.3) is 10.2 Å². The third-order valence-electron chi connectivity index (χ3n) is 6.16. The highest BCUT2D eigenvalue weighted by atomic mass is 32.1. The van der Waals surface area contributed by atoms with E-state index in [1.807, 2.05) is 52.0 Å². The molecule has 3 aromatic heterocycles. The first-order valence-electron chi connectivity index (χ1n) is 12.4. The molecule has 0 radical (unpaired) electrons. The van der Waals surface area contributed by atoms with Crippen LogP contribution in [-0.2, 0) is 11.3 Å². The van der Waals surface area contributed by atoms with E-state index in [1.165, 1.54) is 5.56 Å². The highest BCUT2D eigenvalue weighted by Gasteiger charge is 2.33. The molecular formula is C28H31N5O4S. The second-order valence-electron chi connectivity index (χ2n) is 10.3. The fourth-order valence-electron chi connectivity index (χ4n) is 4.51. The number of aryl methyl sites for hydroxylation is 1. The topological polar surface area (TPSA) is 98.7 Å². The zero-order chi connectivity index (χ0) is 27.0. The van der Waals surface area contributed by atoms with Crippen LogP contribution < -0.4 is 14.8 Å². The number of benzene rings is 1. The number of amides is 1. The van der Waals surface area contributed by atoms with Crippen molar-refractivity contribution in [2.24, 2.45) is 0 Å². The smallest absolute Gasteiger partial charge is 0.410 e. The van der Waals surface area contributed by atoms with Crippen LogP contribution in [-0.4, -0.2) is 45.2 Å². The fourth-order valence-corrected chi connectivity index (χ4v) is 5.79. The molecule has 0 saturated carbocycles. The van der Waals surface area contributed by atoms with E-state index in [0.717, 1.165) is 37.9 Å². The average Bonchev–Trinajstić information content (AvgIpc) is 3.25. The Bertz CT molecular complexity index is 1480. The van der Waals surface area contributed by atoms with Crippen molar-refractivity contribution in [3.63, 3.8) is 0 Å². The Balaban J connectivity index is 1.38. The van der Waals surface area contributed by atoms with E-state index in [0.29, 0.717) is 24.7 Å². The van der Waals surface area contributed by atoms with Gasteiger partial charge in [-0.1, -0.05) is 6.92 Å². The zero-order valence-corrected chi connectivity index (χ0v) is 23.2. The summed E-state index contributed by atoms with van der Waals surface area (Å²) in [5, 5.41) is 4.49. The summed E-state index contributed by atoms with van der Waals surface area (Å²) < 4.78 is 16.7. The molecule has 1 atom stereocenters. The van der Waals surface area contributed by atoms with Crippen molar-refractivity contribution in [2.45, 2.75) is 52.7 Å². The van der Waals surface area contributed by atoms with Gasteiger partial charge in [0, 0.05) is 29.1 Å². The predicted molar refractivity (Wildman–Crippen MR) is 148 cm³/mol. The van der Waals surface area contributed by atoms with E-state index in [1.54, 1.807) is 41.9 Å². The lowest BCUT2D eigenvalue weighted by Crippen LogP contribution is -2.40. The number of carbonyl (C=O) groups excluding carboxylic acids is 1. The summed E-state index contributed by atoms with van der Waals surface area (Å²) in [5.41, 5.74) is 2.51. The van der Waals surface area contributed by atoms with Gasteiger partial charge in [-0.2, -0.15) is 0 Å². The number of pyridine rings is 1. The van der Waals surface area contributed by atoms with Gasteiger partial charge in [0.15, 0.2) is 0 Å². The highest BCUT2D eigenvalue weighted by Crippen LogP contribution is 2.43. The SMILES string of the molecule is COc1ccc(Oc2ccc(Nc3ncnc4sc5c(c34)C(C)CN(C(=O)OC(C)(C)C)C5)cc2C)cn1. The number of nitrogens with zero attached hydrogens (tertiary/aromatic N) is 4. The monoisotopic (exact) mass is 533 g/mol. The Hall–Kier alpha value is -3.92. The van der Waals surface area contributed by atoms with Crippen LogP contribution in [0.3, 0.4) is 0 Å². The van der Waals surface area contributed by atoms with E-state index >= 15 is 0 Å². The van der Waals surface area contributed by atoms with Gasteiger partial charge in [0.1, 0.15) is 34.1 Å². The second-order valence-corrected chi connectivity index (χ2v) is 11.4. The van der Waals surface area contributed by atoms with Crippen LogP contribution in [0.4, 0.5) is 16.3 Å². The number of rotatable bonds is 5. The van der Waals surface area contributed by atoms with Gasteiger partial charge in [-0.3, -0.25) is 0 Å². The normalized spacial score (nSPS) is 15.2. The highest BCUT2D eigenvalue weighted by molar-refractivity contribution is 7.19. The van der Waals surface area contributed by atoms with E-state index in [4.69, 9.17) is 14.2 Å². The summed E-state index contributed by atoms with van der Waals surface area (Å²) in [5.74, 6) is 2.76. The number of aromatic nitrogens is 3. The zero-order valence-electron chi connectivity index (χ0n) is 22.4. The molecule has 1 aliphatic heterocycles. The van der Waals surface area contributed by atoms with E-state index in [2.05, 4.69) is 27.2 Å². The lowest BCUT2D eigenvalue weighted by Gasteiger charge is -2.33. The molecule has 5 rings (SSSR count). The Labute approximate surface area is 225 Å². The molecule has 4 aromatic rings. The first-order valence-corrected chi connectivity index (χ1v) is 13.2. The Morgan fingerprint density at radius 2 is 1.97 bits per heavy atom. The van der Waals surface area contributed by atoms with E-state index < -0.39 is 5.60 Å². The molecule has 198 valence electrons. The number of methoxy groups -OCH3 is 1. The summed E-state index contributed by atoms with van der Waals surface area (Å²) in [7, 11) is 1.58.